The van der Waals surface area contributed by atoms with E-state index < -0.39 is 0 Å². The molecule has 1 amide bonds. The minimum Gasteiger partial charge on any atom is -0.497 e. The molecule has 2 aromatic carbocycles. The lowest BCUT2D eigenvalue weighted by molar-refractivity contribution is -0.121. The normalized spacial score (nSPS) is 10.6. The maximum absolute atomic E-state index is 12.0. The van der Waals surface area contributed by atoms with Gasteiger partial charge in [0.2, 0.25) is 5.91 Å². The molecule has 0 saturated carbocycles. The molecule has 0 fully saturated rings. The van der Waals surface area contributed by atoms with Gasteiger partial charge in [0.25, 0.3) is 0 Å². The first-order valence-corrected chi connectivity index (χ1v) is 9.23. The van der Waals surface area contributed by atoms with E-state index >= 15 is 0 Å². The number of unbranched alkanes of at least 4 members (excludes halogenated alkanes) is 1. The summed E-state index contributed by atoms with van der Waals surface area (Å²) < 4.78 is 6.97. The van der Waals surface area contributed by atoms with Crippen LogP contribution in [-0.4, -0.2) is 22.8 Å². The summed E-state index contributed by atoms with van der Waals surface area (Å²) in [5.41, 5.74) is 3.27. The third-order valence-corrected chi connectivity index (χ3v) is 4.42. The average Bonchev–Trinajstić information content (AvgIpc) is 3.20. The Kier molecular flexibility index (Phi) is 6.63. The van der Waals surface area contributed by atoms with Gasteiger partial charge in [-0.25, -0.2) is 4.68 Å². The monoisotopic (exact) mass is 363 g/mol. The second-order valence-corrected chi connectivity index (χ2v) is 6.46. The molecule has 0 spiro atoms. The lowest BCUT2D eigenvalue weighted by atomic mass is 10.1. The first-order chi connectivity index (χ1) is 13.2. The maximum atomic E-state index is 12.0. The molecule has 3 aromatic rings. The van der Waals surface area contributed by atoms with Gasteiger partial charge in [0, 0.05) is 24.7 Å². The van der Waals surface area contributed by atoms with E-state index in [-0.39, 0.29) is 5.91 Å². The molecule has 5 heteroatoms. The predicted octanol–water partition coefficient (Wildman–Crippen LogP) is 3.91. The third kappa shape index (κ3) is 5.71. The molecular formula is C22H25N3O2. The summed E-state index contributed by atoms with van der Waals surface area (Å²) in [5.74, 6) is 0.950. The predicted molar refractivity (Wildman–Crippen MR) is 106 cm³/mol. The van der Waals surface area contributed by atoms with Gasteiger partial charge in [-0.2, -0.15) is 5.10 Å². The molecule has 0 aliphatic heterocycles. The Morgan fingerprint density at radius 2 is 1.81 bits per heavy atom. The Bertz CT molecular complexity index is 842. The standard InChI is InChI=1S/C22H25N3O2/c1-27-21-13-11-18(12-14-21)7-5-6-10-22(26)23-15-19-16-24-25(17-19)20-8-3-2-4-9-20/h2-4,8-9,11-14,16-17H,5-7,10,15H2,1H3,(H,23,26). The number of carbonyl (C=O) groups is 1. The summed E-state index contributed by atoms with van der Waals surface area (Å²) in [6, 6.07) is 18.0. The molecule has 0 bridgehead atoms. The number of benzene rings is 2. The molecule has 140 valence electrons. The van der Waals surface area contributed by atoms with E-state index in [0.717, 1.165) is 36.3 Å². The van der Waals surface area contributed by atoms with E-state index in [4.69, 9.17) is 4.74 Å². The highest BCUT2D eigenvalue weighted by Gasteiger charge is 2.04. The molecule has 0 aliphatic rings. The van der Waals surface area contributed by atoms with Crippen molar-refractivity contribution in [3.63, 3.8) is 0 Å². The van der Waals surface area contributed by atoms with Gasteiger partial charge in [0.05, 0.1) is 19.0 Å². The van der Waals surface area contributed by atoms with E-state index in [1.54, 1.807) is 13.3 Å². The molecule has 0 atom stereocenters. The number of carbonyl (C=O) groups excluding carboxylic acids is 1. The van der Waals surface area contributed by atoms with Crippen molar-refractivity contribution in [2.75, 3.05) is 7.11 Å². The van der Waals surface area contributed by atoms with Crippen molar-refractivity contribution in [3.05, 3.63) is 78.1 Å². The molecule has 1 heterocycles. The number of amides is 1. The van der Waals surface area contributed by atoms with Crippen LogP contribution in [0.4, 0.5) is 0 Å². The summed E-state index contributed by atoms with van der Waals surface area (Å²) in [6.45, 7) is 0.504. The third-order valence-electron chi connectivity index (χ3n) is 4.42. The van der Waals surface area contributed by atoms with Crippen LogP contribution in [0, 0.1) is 0 Å². The largest absolute Gasteiger partial charge is 0.497 e. The Morgan fingerprint density at radius 1 is 1.04 bits per heavy atom. The minimum absolute atomic E-state index is 0.0807. The van der Waals surface area contributed by atoms with Crippen LogP contribution in [0.1, 0.15) is 30.4 Å². The van der Waals surface area contributed by atoms with Crippen molar-refractivity contribution in [2.24, 2.45) is 0 Å². The lowest BCUT2D eigenvalue weighted by Gasteiger charge is -2.05. The van der Waals surface area contributed by atoms with Gasteiger partial charge in [-0.05, 0) is 49.1 Å². The van der Waals surface area contributed by atoms with Gasteiger partial charge in [0.15, 0.2) is 0 Å². The number of hydrogen-bond donors (Lipinski definition) is 1. The van der Waals surface area contributed by atoms with Crippen molar-refractivity contribution in [1.29, 1.82) is 0 Å². The van der Waals surface area contributed by atoms with Crippen molar-refractivity contribution < 1.29 is 9.53 Å². The van der Waals surface area contributed by atoms with Crippen LogP contribution in [0.3, 0.4) is 0 Å². The molecular weight excluding hydrogens is 338 g/mol. The van der Waals surface area contributed by atoms with Crippen LogP contribution >= 0.6 is 0 Å². The molecule has 1 aromatic heterocycles. The first-order valence-electron chi connectivity index (χ1n) is 9.23. The number of methoxy groups -OCH3 is 1. The fourth-order valence-electron chi connectivity index (χ4n) is 2.87. The number of hydrogen-bond acceptors (Lipinski definition) is 3. The zero-order valence-corrected chi connectivity index (χ0v) is 15.6. The highest BCUT2D eigenvalue weighted by atomic mass is 16.5. The zero-order valence-electron chi connectivity index (χ0n) is 15.6. The van der Waals surface area contributed by atoms with E-state index in [2.05, 4.69) is 22.5 Å². The summed E-state index contributed by atoms with van der Waals surface area (Å²) in [5, 5.41) is 7.31. The Hall–Kier alpha value is -3.08. The first kappa shape index (κ1) is 18.7. The fraction of sp³-hybridized carbons (Fsp3) is 0.273. The number of nitrogens with one attached hydrogen (secondary N) is 1. The molecule has 1 N–H and O–H groups in total. The number of para-hydroxylation sites is 1. The quantitative estimate of drug-likeness (QED) is 0.587. The van der Waals surface area contributed by atoms with Crippen molar-refractivity contribution in [2.45, 2.75) is 32.2 Å². The van der Waals surface area contributed by atoms with E-state index in [0.29, 0.717) is 13.0 Å². The second-order valence-electron chi connectivity index (χ2n) is 6.46. The summed E-state index contributed by atoms with van der Waals surface area (Å²) >= 11 is 0. The van der Waals surface area contributed by atoms with Crippen molar-refractivity contribution in [1.82, 2.24) is 15.1 Å². The highest BCUT2D eigenvalue weighted by molar-refractivity contribution is 5.75. The number of aryl methyl sites for hydroxylation is 1. The summed E-state index contributed by atoms with van der Waals surface area (Å²) in [4.78, 5) is 12.0. The zero-order chi connectivity index (χ0) is 18.9. The van der Waals surface area contributed by atoms with E-state index in [9.17, 15) is 4.79 Å². The minimum atomic E-state index is 0.0807. The van der Waals surface area contributed by atoms with Gasteiger partial charge in [0.1, 0.15) is 5.75 Å². The molecule has 0 unspecified atom stereocenters. The van der Waals surface area contributed by atoms with E-state index in [1.807, 2.05) is 53.3 Å². The van der Waals surface area contributed by atoms with Crippen molar-refractivity contribution >= 4 is 5.91 Å². The Balaban J connectivity index is 1.35. The van der Waals surface area contributed by atoms with Crippen LogP contribution in [0.15, 0.2) is 67.0 Å². The molecule has 0 radical (unpaired) electrons. The fourth-order valence-corrected chi connectivity index (χ4v) is 2.87. The maximum Gasteiger partial charge on any atom is 0.220 e. The molecule has 27 heavy (non-hydrogen) atoms. The second kappa shape index (κ2) is 9.57. The van der Waals surface area contributed by atoms with Gasteiger partial charge in [-0.1, -0.05) is 30.3 Å². The number of rotatable bonds is 9. The van der Waals surface area contributed by atoms with Gasteiger partial charge < -0.3 is 10.1 Å². The molecule has 0 saturated heterocycles. The number of nitrogens with zero attached hydrogens (tertiary/aromatic N) is 2. The lowest BCUT2D eigenvalue weighted by Crippen LogP contribution is -2.22. The summed E-state index contributed by atoms with van der Waals surface area (Å²) in [6.07, 6.45) is 7.12. The highest BCUT2D eigenvalue weighted by Crippen LogP contribution is 2.13. The van der Waals surface area contributed by atoms with Crippen LogP contribution in [0.25, 0.3) is 5.69 Å². The van der Waals surface area contributed by atoms with Crippen molar-refractivity contribution in [3.8, 4) is 11.4 Å². The summed E-state index contributed by atoms with van der Waals surface area (Å²) in [7, 11) is 1.67. The van der Waals surface area contributed by atoms with Gasteiger partial charge in [-0.3, -0.25) is 4.79 Å². The van der Waals surface area contributed by atoms with Gasteiger partial charge in [-0.15, -0.1) is 0 Å². The Morgan fingerprint density at radius 3 is 2.56 bits per heavy atom. The van der Waals surface area contributed by atoms with E-state index in [1.165, 1.54) is 5.56 Å². The van der Waals surface area contributed by atoms with Crippen LogP contribution < -0.4 is 10.1 Å². The Labute approximate surface area is 160 Å². The average molecular weight is 363 g/mol. The SMILES string of the molecule is COc1ccc(CCCCC(=O)NCc2cnn(-c3ccccc3)c2)cc1. The van der Waals surface area contributed by atoms with Gasteiger partial charge >= 0.3 is 0 Å². The van der Waals surface area contributed by atoms with Crippen LogP contribution in [-0.2, 0) is 17.8 Å². The topological polar surface area (TPSA) is 56.1 Å². The number of aromatic nitrogens is 2. The molecule has 0 aliphatic carbocycles. The smallest absolute Gasteiger partial charge is 0.220 e. The van der Waals surface area contributed by atoms with Crippen LogP contribution in [0.5, 0.6) is 5.75 Å². The number of ether oxygens (including phenoxy) is 1. The molecule has 5 nitrogen and oxygen atoms in total. The molecule has 3 rings (SSSR count). The van der Waals surface area contributed by atoms with Crippen LogP contribution in [0.2, 0.25) is 0 Å².